The number of carbonyl (C=O) groups is 1. The number of hydrogen-bond acceptors (Lipinski definition) is 5. The lowest BCUT2D eigenvalue weighted by Gasteiger charge is -2.34. The summed E-state index contributed by atoms with van der Waals surface area (Å²) in [5.41, 5.74) is 5.15. The molecule has 0 spiro atoms. The highest BCUT2D eigenvalue weighted by molar-refractivity contribution is 5.96. The number of nitrogens with one attached hydrogen (secondary N) is 1. The van der Waals surface area contributed by atoms with Gasteiger partial charge in [0.2, 0.25) is 5.91 Å². The molecule has 0 saturated carbocycles. The number of hydrogen-bond donors (Lipinski definition) is 2. The van der Waals surface area contributed by atoms with Crippen molar-refractivity contribution < 1.29 is 4.79 Å². The molecule has 2 rings (SSSR count). The van der Waals surface area contributed by atoms with Crippen LogP contribution in [0.4, 0.5) is 11.5 Å². The first-order valence-corrected chi connectivity index (χ1v) is 10.1. The summed E-state index contributed by atoms with van der Waals surface area (Å²) in [6, 6.07) is 0.348. The Morgan fingerprint density at radius 1 is 1.26 bits per heavy atom. The summed E-state index contributed by atoms with van der Waals surface area (Å²) >= 11 is 0. The molecule has 1 aliphatic heterocycles. The van der Waals surface area contributed by atoms with Crippen molar-refractivity contribution in [3.05, 3.63) is 20.8 Å². The van der Waals surface area contributed by atoms with Gasteiger partial charge in [-0.05, 0) is 39.2 Å². The van der Waals surface area contributed by atoms with Crippen LogP contribution in [0.2, 0.25) is 0 Å². The highest BCUT2D eigenvalue weighted by Gasteiger charge is 2.27. The van der Waals surface area contributed by atoms with Crippen LogP contribution in [0.5, 0.6) is 0 Å². The van der Waals surface area contributed by atoms with Gasteiger partial charge >= 0.3 is 5.69 Å². The molecule has 1 aromatic heterocycles. The van der Waals surface area contributed by atoms with E-state index in [0.717, 1.165) is 32.2 Å². The maximum absolute atomic E-state index is 13.1. The monoisotopic (exact) mass is 379 g/mol. The lowest BCUT2D eigenvalue weighted by atomic mass is 10.0. The van der Waals surface area contributed by atoms with E-state index < -0.39 is 11.2 Å². The van der Waals surface area contributed by atoms with E-state index in [0.29, 0.717) is 25.6 Å². The Labute approximate surface area is 160 Å². The Hall–Kier alpha value is -2.09. The van der Waals surface area contributed by atoms with E-state index >= 15 is 0 Å². The van der Waals surface area contributed by atoms with Gasteiger partial charge in [0, 0.05) is 19.1 Å². The number of unbranched alkanes of at least 4 members (excludes halogenated alkanes) is 1. The van der Waals surface area contributed by atoms with Crippen LogP contribution in [0.1, 0.15) is 59.3 Å². The molecule has 1 aliphatic rings. The van der Waals surface area contributed by atoms with Gasteiger partial charge in [-0.1, -0.05) is 26.7 Å². The minimum atomic E-state index is -0.596. The van der Waals surface area contributed by atoms with E-state index in [4.69, 9.17) is 5.73 Å². The largest absolute Gasteiger partial charge is 0.383 e. The molecular formula is C19H33N5O3. The number of nitrogens with two attached hydrogens (primary N) is 1. The number of aromatic nitrogens is 2. The molecule has 0 aliphatic carbocycles. The van der Waals surface area contributed by atoms with Crippen molar-refractivity contribution in [3.63, 3.8) is 0 Å². The predicted molar refractivity (Wildman–Crippen MR) is 108 cm³/mol. The van der Waals surface area contributed by atoms with E-state index in [1.54, 1.807) is 0 Å². The molecule has 3 N–H and O–H groups in total. The van der Waals surface area contributed by atoms with Crippen molar-refractivity contribution in [2.45, 2.75) is 71.9 Å². The molecule has 0 bridgehead atoms. The van der Waals surface area contributed by atoms with Crippen molar-refractivity contribution >= 4 is 17.4 Å². The van der Waals surface area contributed by atoms with Crippen LogP contribution in [-0.2, 0) is 11.3 Å². The van der Waals surface area contributed by atoms with Gasteiger partial charge in [-0.15, -0.1) is 0 Å². The zero-order valence-electron chi connectivity index (χ0n) is 16.8. The van der Waals surface area contributed by atoms with E-state index in [1.807, 2.05) is 13.8 Å². The van der Waals surface area contributed by atoms with Gasteiger partial charge in [0.25, 0.3) is 5.56 Å². The number of piperidine rings is 1. The molecule has 8 nitrogen and oxygen atoms in total. The van der Waals surface area contributed by atoms with Crippen LogP contribution >= 0.6 is 0 Å². The predicted octanol–water partition coefficient (Wildman–Crippen LogP) is 1.54. The number of carbonyl (C=O) groups excluding carboxylic acids is 1. The average Bonchev–Trinajstić information content (AvgIpc) is 2.63. The summed E-state index contributed by atoms with van der Waals surface area (Å²) in [6.45, 7) is 8.04. The Morgan fingerprint density at radius 2 is 2.00 bits per heavy atom. The van der Waals surface area contributed by atoms with Crippen LogP contribution in [0, 0.1) is 0 Å². The fourth-order valence-corrected chi connectivity index (χ4v) is 3.61. The smallest absolute Gasteiger partial charge is 0.330 e. The zero-order valence-corrected chi connectivity index (χ0v) is 16.8. The molecule has 1 atom stereocenters. The third kappa shape index (κ3) is 5.00. The average molecular weight is 380 g/mol. The molecule has 1 aromatic rings. The Balaban J connectivity index is 2.38. The third-order valence-corrected chi connectivity index (χ3v) is 5.25. The molecular weight excluding hydrogens is 346 g/mol. The Morgan fingerprint density at radius 3 is 2.63 bits per heavy atom. The maximum Gasteiger partial charge on any atom is 0.330 e. The van der Waals surface area contributed by atoms with Crippen LogP contribution in [0.15, 0.2) is 9.59 Å². The number of aromatic amines is 1. The number of likely N-dealkylation sites (tertiary alicyclic amines) is 1. The first kappa shape index (κ1) is 21.2. The number of anilines is 2. The van der Waals surface area contributed by atoms with Gasteiger partial charge in [-0.2, -0.15) is 0 Å². The van der Waals surface area contributed by atoms with Crippen LogP contribution in [-0.4, -0.2) is 46.0 Å². The van der Waals surface area contributed by atoms with Crippen molar-refractivity contribution in [3.8, 4) is 0 Å². The summed E-state index contributed by atoms with van der Waals surface area (Å²) in [4.78, 5) is 43.7. The second kappa shape index (κ2) is 9.73. The second-order valence-electron chi connectivity index (χ2n) is 7.36. The Bertz CT molecular complexity index is 755. The van der Waals surface area contributed by atoms with E-state index in [2.05, 4.69) is 16.8 Å². The highest BCUT2D eigenvalue weighted by Crippen LogP contribution is 2.20. The molecule has 152 valence electrons. The molecule has 2 heterocycles. The van der Waals surface area contributed by atoms with Crippen LogP contribution in [0.25, 0.3) is 0 Å². The maximum atomic E-state index is 13.1. The SMILES string of the molecule is CCCCN(C(=O)CN1CCCCC1C)c1c(N)n(CCC)c(=O)[nH]c1=O. The lowest BCUT2D eigenvalue weighted by molar-refractivity contribution is -0.120. The minimum Gasteiger partial charge on any atom is -0.383 e. The summed E-state index contributed by atoms with van der Waals surface area (Å²) in [5, 5.41) is 0. The Kier molecular flexibility index (Phi) is 7.65. The van der Waals surface area contributed by atoms with Crippen molar-refractivity contribution in [2.75, 3.05) is 30.3 Å². The van der Waals surface area contributed by atoms with Gasteiger partial charge in [0.05, 0.1) is 6.54 Å². The number of H-pyrrole nitrogens is 1. The van der Waals surface area contributed by atoms with Crippen molar-refractivity contribution in [1.29, 1.82) is 0 Å². The summed E-state index contributed by atoms with van der Waals surface area (Å²) in [6.07, 6.45) is 5.68. The van der Waals surface area contributed by atoms with E-state index in [-0.39, 0.29) is 24.0 Å². The third-order valence-electron chi connectivity index (χ3n) is 5.25. The van der Waals surface area contributed by atoms with Crippen LogP contribution < -0.4 is 21.9 Å². The summed E-state index contributed by atoms with van der Waals surface area (Å²) < 4.78 is 1.34. The quantitative estimate of drug-likeness (QED) is 0.713. The first-order valence-electron chi connectivity index (χ1n) is 10.1. The van der Waals surface area contributed by atoms with Crippen molar-refractivity contribution in [2.24, 2.45) is 0 Å². The molecule has 1 fully saturated rings. The lowest BCUT2D eigenvalue weighted by Crippen LogP contribution is -2.48. The van der Waals surface area contributed by atoms with Gasteiger partial charge in [-0.25, -0.2) is 4.79 Å². The minimum absolute atomic E-state index is 0.0711. The zero-order chi connectivity index (χ0) is 20.0. The van der Waals surface area contributed by atoms with E-state index in [9.17, 15) is 14.4 Å². The van der Waals surface area contributed by atoms with E-state index in [1.165, 1.54) is 15.9 Å². The molecule has 1 saturated heterocycles. The number of amides is 1. The topological polar surface area (TPSA) is 104 Å². The van der Waals surface area contributed by atoms with Gasteiger partial charge in [0.1, 0.15) is 5.82 Å². The number of nitrogen functional groups attached to an aromatic ring is 1. The molecule has 0 radical (unpaired) electrons. The summed E-state index contributed by atoms with van der Waals surface area (Å²) in [7, 11) is 0. The molecule has 1 amide bonds. The molecule has 0 aromatic carbocycles. The normalized spacial score (nSPS) is 17.8. The second-order valence-corrected chi connectivity index (χ2v) is 7.36. The summed E-state index contributed by atoms with van der Waals surface area (Å²) in [5.74, 6) is -0.0714. The van der Waals surface area contributed by atoms with Crippen LogP contribution in [0.3, 0.4) is 0 Å². The van der Waals surface area contributed by atoms with Crippen molar-refractivity contribution in [1.82, 2.24) is 14.5 Å². The fourth-order valence-electron chi connectivity index (χ4n) is 3.61. The first-order chi connectivity index (χ1) is 12.9. The molecule has 27 heavy (non-hydrogen) atoms. The van der Waals surface area contributed by atoms with Gasteiger partial charge in [-0.3, -0.25) is 24.0 Å². The fraction of sp³-hybridized carbons (Fsp3) is 0.737. The highest BCUT2D eigenvalue weighted by atomic mass is 16.2. The standard InChI is InChI=1S/C19H33N5O3/c1-4-6-12-23(15(25)13-22-11-8-7-9-14(22)3)16-17(20)24(10-5-2)19(27)21-18(16)26/h14H,4-13,20H2,1-3H3,(H,21,26,27). The van der Waals surface area contributed by atoms with Gasteiger partial charge in [0.15, 0.2) is 5.69 Å². The van der Waals surface area contributed by atoms with Gasteiger partial charge < -0.3 is 10.6 Å². The number of nitrogens with zero attached hydrogens (tertiary/aromatic N) is 3. The molecule has 1 unspecified atom stereocenters. The molecule has 8 heteroatoms. The number of rotatable bonds is 8.